The van der Waals surface area contributed by atoms with Gasteiger partial charge in [-0.05, 0) is 36.1 Å². The van der Waals surface area contributed by atoms with E-state index < -0.39 is 0 Å². The highest BCUT2D eigenvalue weighted by atomic mass is 32.2. The van der Waals surface area contributed by atoms with Crippen molar-refractivity contribution < 1.29 is 0 Å². The molecule has 1 aromatic rings. The molecule has 19 heavy (non-hydrogen) atoms. The zero-order chi connectivity index (χ0) is 14.0. The fraction of sp³-hybridized carbons (Fsp3) is 0.533. The molecule has 1 aliphatic rings. The summed E-state index contributed by atoms with van der Waals surface area (Å²) in [5.41, 5.74) is 8.16. The van der Waals surface area contributed by atoms with Crippen molar-refractivity contribution in [2.45, 2.75) is 25.2 Å². The number of rotatable bonds is 6. The lowest BCUT2D eigenvalue weighted by Gasteiger charge is -2.24. The van der Waals surface area contributed by atoms with Crippen LogP contribution in [-0.4, -0.2) is 24.3 Å². The second kappa shape index (κ2) is 6.14. The van der Waals surface area contributed by atoms with E-state index in [0.717, 1.165) is 29.7 Å². The summed E-state index contributed by atoms with van der Waals surface area (Å²) in [5, 5.41) is 0. The molecular weight excluding hydrogens is 272 g/mol. The third-order valence-corrected chi connectivity index (χ3v) is 4.89. The first-order valence-electron chi connectivity index (χ1n) is 6.81. The van der Waals surface area contributed by atoms with Gasteiger partial charge in [-0.2, -0.15) is 0 Å². The molecule has 1 aliphatic carbocycles. The Bertz CT molecular complexity index is 473. The fourth-order valence-corrected chi connectivity index (χ4v) is 3.59. The Labute approximate surface area is 125 Å². The third kappa shape index (κ3) is 3.42. The molecule has 0 radical (unpaired) electrons. The van der Waals surface area contributed by atoms with E-state index >= 15 is 0 Å². The lowest BCUT2D eigenvalue weighted by molar-refractivity contribution is 0.724. The molecule has 0 aliphatic heterocycles. The van der Waals surface area contributed by atoms with E-state index in [1.54, 1.807) is 11.8 Å². The molecule has 2 rings (SSSR count). The van der Waals surface area contributed by atoms with E-state index in [9.17, 15) is 0 Å². The summed E-state index contributed by atoms with van der Waals surface area (Å²) in [5.74, 6) is 2.72. The van der Waals surface area contributed by atoms with E-state index in [-0.39, 0.29) is 0 Å². The molecule has 2 unspecified atom stereocenters. The molecular formula is C15H22N2S2. The molecule has 104 valence electrons. The van der Waals surface area contributed by atoms with E-state index in [0.29, 0.717) is 4.99 Å². The van der Waals surface area contributed by atoms with Gasteiger partial charge in [0.25, 0.3) is 0 Å². The second-order valence-electron chi connectivity index (χ2n) is 5.30. The van der Waals surface area contributed by atoms with Crippen LogP contribution in [0.5, 0.6) is 0 Å². The monoisotopic (exact) mass is 294 g/mol. The largest absolute Gasteiger partial charge is 0.389 e. The van der Waals surface area contributed by atoms with E-state index in [1.165, 1.54) is 17.0 Å². The number of thioether (sulfide) groups is 1. The predicted octanol–water partition coefficient (Wildman–Crippen LogP) is 3.53. The van der Waals surface area contributed by atoms with Gasteiger partial charge < -0.3 is 10.6 Å². The third-order valence-electron chi connectivity index (χ3n) is 3.75. The van der Waals surface area contributed by atoms with Crippen LogP contribution in [0.4, 0.5) is 5.69 Å². The van der Waals surface area contributed by atoms with Gasteiger partial charge in [0.1, 0.15) is 4.99 Å². The standard InChI is InChI=1S/C15H22N2S2/c1-4-19-13-7-5-6-12(14(13)15(16)18)17(3)9-11-8-10(11)2/h5-7,10-11H,4,8-9H2,1-3H3,(H2,16,18). The lowest BCUT2D eigenvalue weighted by Crippen LogP contribution is -2.24. The summed E-state index contributed by atoms with van der Waals surface area (Å²) in [7, 11) is 2.14. The first-order valence-corrected chi connectivity index (χ1v) is 8.20. The number of thiocarbonyl (C=S) groups is 1. The van der Waals surface area contributed by atoms with Gasteiger partial charge in [-0.3, -0.25) is 0 Å². The van der Waals surface area contributed by atoms with Crippen molar-refractivity contribution in [1.82, 2.24) is 0 Å². The Hall–Kier alpha value is -0.740. The minimum Gasteiger partial charge on any atom is -0.389 e. The summed E-state index contributed by atoms with van der Waals surface area (Å²) >= 11 is 7.06. The molecule has 1 aromatic carbocycles. The van der Waals surface area contributed by atoms with Crippen LogP contribution in [0, 0.1) is 11.8 Å². The van der Waals surface area contributed by atoms with Gasteiger partial charge in [-0.15, -0.1) is 11.8 Å². The Kier molecular flexibility index (Phi) is 4.74. The zero-order valence-electron chi connectivity index (χ0n) is 11.8. The predicted molar refractivity (Wildman–Crippen MR) is 89.3 cm³/mol. The van der Waals surface area contributed by atoms with Crippen LogP contribution in [0.2, 0.25) is 0 Å². The zero-order valence-corrected chi connectivity index (χ0v) is 13.5. The molecule has 1 saturated carbocycles. The van der Waals surface area contributed by atoms with Gasteiger partial charge in [0.2, 0.25) is 0 Å². The minimum atomic E-state index is 0.502. The van der Waals surface area contributed by atoms with Gasteiger partial charge in [-0.25, -0.2) is 0 Å². The number of anilines is 1. The van der Waals surface area contributed by atoms with Gasteiger partial charge in [-0.1, -0.05) is 32.1 Å². The molecule has 1 fully saturated rings. The summed E-state index contributed by atoms with van der Waals surface area (Å²) in [6.07, 6.45) is 1.34. The highest BCUT2D eigenvalue weighted by Gasteiger charge is 2.33. The maximum atomic E-state index is 5.95. The van der Waals surface area contributed by atoms with Crippen LogP contribution in [-0.2, 0) is 0 Å². The van der Waals surface area contributed by atoms with Crippen LogP contribution in [0.1, 0.15) is 25.8 Å². The molecule has 4 heteroatoms. The summed E-state index contributed by atoms with van der Waals surface area (Å²) in [6.45, 7) is 5.56. The first-order chi connectivity index (χ1) is 9.04. The molecule has 0 bridgehead atoms. The van der Waals surface area contributed by atoms with Gasteiger partial charge in [0, 0.05) is 29.7 Å². The fourth-order valence-electron chi connectivity index (χ4n) is 2.46. The van der Waals surface area contributed by atoms with E-state index in [1.807, 2.05) is 0 Å². The summed E-state index contributed by atoms with van der Waals surface area (Å²) in [6, 6.07) is 6.34. The van der Waals surface area contributed by atoms with Crippen LogP contribution < -0.4 is 10.6 Å². The molecule has 0 saturated heterocycles. The van der Waals surface area contributed by atoms with Crippen molar-refractivity contribution >= 4 is 34.7 Å². The molecule has 0 heterocycles. The van der Waals surface area contributed by atoms with Crippen LogP contribution in [0.3, 0.4) is 0 Å². The highest BCUT2D eigenvalue weighted by molar-refractivity contribution is 7.99. The van der Waals surface area contributed by atoms with Crippen LogP contribution in [0.25, 0.3) is 0 Å². The van der Waals surface area contributed by atoms with Crippen molar-refractivity contribution in [2.24, 2.45) is 17.6 Å². The van der Waals surface area contributed by atoms with E-state index in [4.69, 9.17) is 18.0 Å². The van der Waals surface area contributed by atoms with E-state index in [2.05, 4.69) is 44.0 Å². The van der Waals surface area contributed by atoms with Crippen molar-refractivity contribution in [2.75, 3.05) is 24.2 Å². The molecule has 0 amide bonds. The van der Waals surface area contributed by atoms with Crippen molar-refractivity contribution in [3.8, 4) is 0 Å². The minimum absolute atomic E-state index is 0.502. The topological polar surface area (TPSA) is 29.3 Å². The van der Waals surface area contributed by atoms with Gasteiger partial charge in [0.15, 0.2) is 0 Å². The van der Waals surface area contributed by atoms with Crippen LogP contribution in [0.15, 0.2) is 23.1 Å². The highest BCUT2D eigenvalue weighted by Crippen LogP contribution is 2.39. The smallest absolute Gasteiger partial charge is 0.107 e. The maximum absolute atomic E-state index is 5.95. The maximum Gasteiger partial charge on any atom is 0.107 e. The number of nitrogens with two attached hydrogens (primary N) is 1. The average molecular weight is 294 g/mol. The number of benzene rings is 1. The van der Waals surface area contributed by atoms with Crippen molar-refractivity contribution in [3.05, 3.63) is 23.8 Å². The molecule has 2 N–H and O–H groups in total. The quantitative estimate of drug-likeness (QED) is 0.642. The Morgan fingerprint density at radius 2 is 2.21 bits per heavy atom. The number of hydrogen-bond acceptors (Lipinski definition) is 3. The SMILES string of the molecule is CCSc1cccc(N(C)CC2CC2C)c1C(N)=S. The molecule has 0 spiro atoms. The molecule has 0 aromatic heterocycles. The first kappa shape index (κ1) is 14.7. The Morgan fingerprint density at radius 3 is 2.74 bits per heavy atom. The normalized spacial score (nSPS) is 21.2. The summed E-state index contributed by atoms with van der Waals surface area (Å²) < 4.78 is 0. The molecule has 2 atom stereocenters. The number of nitrogens with zero attached hydrogens (tertiary/aromatic N) is 1. The van der Waals surface area contributed by atoms with Crippen molar-refractivity contribution in [3.63, 3.8) is 0 Å². The Balaban J connectivity index is 2.27. The van der Waals surface area contributed by atoms with Gasteiger partial charge >= 0.3 is 0 Å². The molecule has 2 nitrogen and oxygen atoms in total. The Morgan fingerprint density at radius 1 is 1.53 bits per heavy atom. The van der Waals surface area contributed by atoms with Gasteiger partial charge in [0.05, 0.1) is 0 Å². The number of hydrogen-bond donors (Lipinski definition) is 1. The van der Waals surface area contributed by atoms with Crippen LogP contribution >= 0.6 is 24.0 Å². The summed E-state index contributed by atoms with van der Waals surface area (Å²) in [4.78, 5) is 4.01. The lowest BCUT2D eigenvalue weighted by atomic mass is 10.1. The average Bonchev–Trinajstić information content (AvgIpc) is 3.04. The second-order valence-corrected chi connectivity index (χ2v) is 7.05. The van der Waals surface area contributed by atoms with Crippen molar-refractivity contribution in [1.29, 1.82) is 0 Å².